The Morgan fingerprint density at radius 2 is 1.95 bits per heavy atom. The molecule has 0 atom stereocenters. The van der Waals surface area contributed by atoms with Crippen LogP contribution in [0.2, 0.25) is 0 Å². The molecule has 2 N–H and O–H groups in total. The van der Waals surface area contributed by atoms with Gasteiger partial charge in [0.2, 0.25) is 0 Å². The summed E-state index contributed by atoms with van der Waals surface area (Å²) in [4.78, 5) is 5.42. The molecule has 0 unspecified atom stereocenters. The molecule has 0 bridgehead atoms. The van der Waals surface area contributed by atoms with Crippen molar-refractivity contribution >= 4 is 22.1 Å². The summed E-state index contributed by atoms with van der Waals surface area (Å²) in [6, 6.07) is 5.00. The summed E-state index contributed by atoms with van der Waals surface area (Å²) in [6.07, 6.45) is 0.542. The lowest BCUT2D eigenvalue weighted by Crippen LogP contribution is -2.36. The highest BCUT2D eigenvalue weighted by molar-refractivity contribution is 6.01. The number of rotatable bonds is 3. The van der Waals surface area contributed by atoms with Crippen molar-refractivity contribution < 1.29 is 13.2 Å². The fraction of sp³-hybridized carbons (Fsp3) is 0.357. The maximum Gasteiger partial charge on any atom is 0.405 e. The number of aromatic nitrogens is 1. The van der Waals surface area contributed by atoms with E-state index in [0.717, 1.165) is 18.2 Å². The molecule has 20 heavy (non-hydrogen) atoms. The molecule has 0 amide bonds. The van der Waals surface area contributed by atoms with Crippen molar-refractivity contribution in [3.05, 3.63) is 30.6 Å². The van der Waals surface area contributed by atoms with E-state index in [0.29, 0.717) is 16.8 Å². The molecule has 3 rings (SSSR count). The molecule has 6 heteroatoms. The number of benzene rings is 1. The van der Waals surface area contributed by atoms with Gasteiger partial charge in [0.15, 0.2) is 0 Å². The van der Waals surface area contributed by atoms with Gasteiger partial charge in [0.05, 0.1) is 0 Å². The molecular formula is C14H14F3N3. The molecule has 1 aliphatic rings. The molecule has 3 nitrogen and oxygen atoms in total. The topological polar surface area (TPSA) is 42.1 Å². The number of alkyl halides is 3. The smallest absolute Gasteiger partial charge is 0.398 e. The van der Waals surface area contributed by atoms with Crippen LogP contribution >= 0.6 is 0 Å². The fourth-order valence-corrected chi connectivity index (χ4v) is 2.44. The number of pyridine rings is 1. The normalized spacial score (nSPS) is 15.6. The molecule has 0 radical (unpaired) electrons. The summed E-state index contributed by atoms with van der Waals surface area (Å²) in [6.45, 7) is -0.932. The zero-order valence-corrected chi connectivity index (χ0v) is 10.7. The van der Waals surface area contributed by atoms with Crippen molar-refractivity contribution in [3.63, 3.8) is 0 Å². The van der Waals surface area contributed by atoms with E-state index in [1.54, 1.807) is 30.6 Å². The number of halogens is 3. The molecule has 106 valence electrons. The zero-order chi connectivity index (χ0) is 14.3. The molecule has 0 aliphatic heterocycles. The quantitative estimate of drug-likeness (QED) is 0.877. The summed E-state index contributed by atoms with van der Waals surface area (Å²) < 4.78 is 38.3. The van der Waals surface area contributed by atoms with Crippen LogP contribution < -0.4 is 10.6 Å². The van der Waals surface area contributed by atoms with Crippen LogP contribution in [-0.2, 0) is 0 Å². The molecule has 0 spiro atoms. The first-order valence-corrected chi connectivity index (χ1v) is 6.41. The van der Waals surface area contributed by atoms with E-state index >= 15 is 0 Å². The first kappa shape index (κ1) is 13.0. The van der Waals surface area contributed by atoms with Gasteiger partial charge in [0.25, 0.3) is 0 Å². The van der Waals surface area contributed by atoms with Crippen LogP contribution in [0.15, 0.2) is 30.6 Å². The van der Waals surface area contributed by atoms with E-state index in [2.05, 4.69) is 4.98 Å². The second kappa shape index (κ2) is 4.54. The van der Waals surface area contributed by atoms with Crippen molar-refractivity contribution in [2.24, 2.45) is 0 Å². The summed E-state index contributed by atoms with van der Waals surface area (Å²) in [5, 5.41) is 1.41. The third kappa shape index (κ3) is 2.50. The maximum atomic E-state index is 12.8. The van der Waals surface area contributed by atoms with Crippen LogP contribution in [0.25, 0.3) is 10.8 Å². The van der Waals surface area contributed by atoms with Gasteiger partial charge in [-0.15, -0.1) is 0 Å². The minimum Gasteiger partial charge on any atom is -0.398 e. The Balaban J connectivity index is 2.09. The van der Waals surface area contributed by atoms with Crippen LogP contribution in [0.5, 0.6) is 0 Å². The van der Waals surface area contributed by atoms with Gasteiger partial charge in [-0.2, -0.15) is 13.2 Å². The van der Waals surface area contributed by atoms with Crippen molar-refractivity contribution in [2.45, 2.75) is 25.1 Å². The Morgan fingerprint density at radius 1 is 1.20 bits per heavy atom. The minimum atomic E-state index is -4.22. The molecule has 0 saturated heterocycles. The predicted molar refractivity (Wildman–Crippen MR) is 72.6 cm³/mol. The predicted octanol–water partition coefficient (Wildman–Crippen LogP) is 3.35. The highest BCUT2D eigenvalue weighted by Crippen LogP contribution is 2.38. The summed E-state index contributed by atoms with van der Waals surface area (Å²) in [5.74, 6) is 0. The average molecular weight is 281 g/mol. The third-order valence-electron chi connectivity index (χ3n) is 3.48. The standard InChI is InChI=1S/C14H14F3N3/c15-14(16,17)8-20(9-1-2-9)13-4-3-12(18)11-7-19-6-5-10(11)13/h3-7,9H,1-2,8,18H2. The van der Waals surface area contributed by atoms with E-state index in [1.807, 2.05) is 0 Å². The highest BCUT2D eigenvalue weighted by atomic mass is 19.4. The number of nitrogens with two attached hydrogens (primary N) is 1. The number of nitrogen functional groups attached to an aromatic ring is 1. The number of fused-ring (bicyclic) bond motifs is 1. The number of hydrogen-bond acceptors (Lipinski definition) is 3. The molecule has 2 aromatic rings. The van der Waals surface area contributed by atoms with Gasteiger partial charge in [-0.25, -0.2) is 0 Å². The van der Waals surface area contributed by atoms with Crippen molar-refractivity contribution in [2.75, 3.05) is 17.2 Å². The van der Waals surface area contributed by atoms with E-state index in [4.69, 9.17) is 5.73 Å². The summed E-state index contributed by atoms with van der Waals surface area (Å²) in [7, 11) is 0. The molecule has 1 aliphatic carbocycles. The highest BCUT2D eigenvalue weighted by Gasteiger charge is 2.38. The first-order valence-electron chi connectivity index (χ1n) is 6.41. The van der Waals surface area contributed by atoms with Gasteiger partial charge in [0, 0.05) is 40.6 Å². The van der Waals surface area contributed by atoms with Crippen molar-refractivity contribution in [3.8, 4) is 0 Å². The Bertz CT molecular complexity index is 635. The van der Waals surface area contributed by atoms with Gasteiger partial charge < -0.3 is 10.6 Å². The maximum absolute atomic E-state index is 12.8. The molecule has 1 heterocycles. The summed E-state index contributed by atoms with van der Waals surface area (Å²) >= 11 is 0. The van der Waals surface area contributed by atoms with Gasteiger partial charge in [-0.3, -0.25) is 4.98 Å². The van der Waals surface area contributed by atoms with E-state index in [1.165, 1.54) is 4.90 Å². The number of nitrogens with zero attached hydrogens (tertiary/aromatic N) is 2. The second-order valence-electron chi connectivity index (χ2n) is 5.07. The van der Waals surface area contributed by atoms with E-state index < -0.39 is 12.7 Å². The number of anilines is 2. The zero-order valence-electron chi connectivity index (χ0n) is 10.7. The Labute approximate surface area is 114 Å². The molecule has 1 aromatic carbocycles. The summed E-state index contributed by atoms with van der Waals surface area (Å²) in [5.41, 5.74) is 6.97. The van der Waals surface area contributed by atoms with E-state index in [9.17, 15) is 13.2 Å². The van der Waals surface area contributed by atoms with Gasteiger partial charge in [0.1, 0.15) is 6.54 Å². The van der Waals surface area contributed by atoms with Crippen LogP contribution in [0.1, 0.15) is 12.8 Å². The molecule has 1 aromatic heterocycles. The largest absolute Gasteiger partial charge is 0.405 e. The first-order chi connectivity index (χ1) is 9.46. The van der Waals surface area contributed by atoms with Gasteiger partial charge >= 0.3 is 6.18 Å². The van der Waals surface area contributed by atoms with Gasteiger partial charge in [-0.1, -0.05) is 0 Å². The third-order valence-corrected chi connectivity index (χ3v) is 3.48. The Hall–Kier alpha value is -1.98. The van der Waals surface area contributed by atoms with Crippen molar-refractivity contribution in [1.82, 2.24) is 4.98 Å². The Morgan fingerprint density at radius 3 is 2.60 bits per heavy atom. The average Bonchev–Trinajstić information content (AvgIpc) is 3.20. The molecular weight excluding hydrogens is 267 g/mol. The fourth-order valence-electron chi connectivity index (χ4n) is 2.44. The van der Waals surface area contributed by atoms with Crippen LogP contribution in [0.3, 0.4) is 0 Å². The number of hydrogen-bond donors (Lipinski definition) is 1. The molecule has 1 fully saturated rings. The van der Waals surface area contributed by atoms with Gasteiger partial charge in [-0.05, 0) is 31.0 Å². The lowest BCUT2D eigenvalue weighted by Gasteiger charge is -2.27. The van der Waals surface area contributed by atoms with E-state index in [-0.39, 0.29) is 6.04 Å². The lowest BCUT2D eigenvalue weighted by molar-refractivity contribution is -0.119. The monoisotopic (exact) mass is 281 g/mol. The Kier molecular flexibility index (Phi) is 2.96. The second-order valence-corrected chi connectivity index (χ2v) is 5.07. The van der Waals surface area contributed by atoms with Crippen LogP contribution in [0.4, 0.5) is 24.5 Å². The van der Waals surface area contributed by atoms with Crippen LogP contribution in [-0.4, -0.2) is 23.7 Å². The van der Waals surface area contributed by atoms with Crippen LogP contribution in [0, 0.1) is 0 Å². The minimum absolute atomic E-state index is 0.0309. The van der Waals surface area contributed by atoms with Crippen molar-refractivity contribution in [1.29, 1.82) is 0 Å². The molecule has 1 saturated carbocycles. The lowest BCUT2D eigenvalue weighted by atomic mass is 10.1. The SMILES string of the molecule is Nc1ccc(N(CC(F)(F)F)C2CC2)c2ccncc12.